The number of nitrogens with zero attached hydrogens (tertiary/aromatic N) is 6. The Hall–Kier alpha value is -3.87. The molecule has 1 aliphatic rings. The first-order valence-electron chi connectivity index (χ1n) is 11.4. The molecule has 10 heteroatoms. The molecule has 0 radical (unpaired) electrons. The smallest absolute Gasteiger partial charge is 0.355 e. The number of anilines is 1. The van der Waals surface area contributed by atoms with Crippen LogP contribution in [0.1, 0.15) is 42.5 Å². The Morgan fingerprint density at radius 1 is 1.20 bits per heavy atom. The highest BCUT2D eigenvalue weighted by atomic mass is 19.3. The number of nitriles is 1. The van der Waals surface area contributed by atoms with E-state index in [4.69, 9.17) is 0 Å². The predicted octanol–water partition coefficient (Wildman–Crippen LogP) is 4.15. The van der Waals surface area contributed by atoms with Crippen LogP contribution in [0, 0.1) is 24.2 Å². The number of aromatic nitrogens is 3. The third kappa shape index (κ3) is 4.99. The number of benzene rings is 1. The fourth-order valence-corrected chi connectivity index (χ4v) is 4.73. The molecule has 2 aromatic heterocycles. The number of rotatable bonds is 6. The van der Waals surface area contributed by atoms with Crippen molar-refractivity contribution in [2.45, 2.75) is 45.3 Å². The van der Waals surface area contributed by atoms with Gasteiger partial charge < -0.3 is 9.74 Å². The Labute approximate surface area is 201 Å². The summed E-state index contributed by atoms with van der Waals surface area (Å²) in [5.74, 6) is 0.383. The van der Waals surface area contributed by atoms with E-state index in [2.05, 4.69) is 20.0 Å². The molecule has 0 aliphatic heterocycles. The Kier molecular flexibility index (Phi) is 7.05. The van der Waals surface area contributed by atoms with Gasteiger partial charge >= 0.3 is 12.3 Å². The molecule has 3 aromatic rings. The van der Waals surface area contributed by atoms with Gasteiger partial charge in [0.25, 0.3) is 0 Å². The number of alkyl halides is 2. The van der Waals surface area contributed by atoms with Crippen LogP contribution in [0.4, 0.5) is 14.6 Å². The summed E-state index contributed by atoms with van der Waals surface area (Å²) in [6.45, 7) is -1.07. The van der Waals surface area contributed by atoms with Crippen LogP contribution in [-0.4, -0.2) is 39.9 Å². The number of pyridine rings is 1. The molecule has 1 aromatic carbocycles. The van der Waals surface area contributed by atoms with Crippen LogP contribution >= 0.6 is 0 Å². The Morgan fingerprint density at radius 2 is 1.91 bits per heavy atom. The van der Waals surface area contributed by atoms with E-state index in [9.17, 15) is 18.8 Å². The van der Waals surface area contributed by atoms with E-state index in [0.29, 0.717) is 35.4 Å². The molecule has 4 rings (SSSR count). The Morgan fingerprint density at radius 3 is 2.57 bits per heavy atom. The highest BCUT2D eigenvalue weighted by Gasteiger charge is 2.30. The van der Waals surface area contributed by atoms with Gasteiger partial charge in [-0.2, -0.15) is 19.0 Å². The maximum absolute atomic E-state index is 12.8. The normalized spacial score (nSPS) is 18.5. The number of oxime groups is 1. The van der Waals surface area contributed by atoms with E-state index in [0.717, 1.165) is 24.0 Å². The molecular formula is C25H26F2N6O2. The summed E-state index contributed by atoms with van der Waals surface area (Å²) in [6, 6.07) is 12.9. The monoisotopic (exact) mass is 480 g/mol. The minimum atomic E-state index is -2.98. The summed E-state index contributed by atoms with van der Waals surface area (Å²) in [7, 11) is 3.48. The van der Waals surface area contributed by atoms with Gasteiger partial charge in [0.1, 0.15) is 17.3 Å². The topological polar surface area (TPSA) is 96.4 Å². The van der Waals surface area contributed by atoms with E-state index in [-0.39, 0.29) is 17.7 Å². The zero-order valence-electron chi connectivity index (χ0n) is 19.8. The van der Waals surface area contributed by atoms with Crippen LogP contribution in [0.5, 0.6) is 0 Å². The van der Waals surface area contributed by atoms with Crippen molar-refractivity contribution in [3.8, 4) is 6.07 Å². The largest absolute Gasteiger partial charge is 0.407 e. The van der Waals surface area contributed by atoms with Crippen LogP contribution in [-0.2, 0) is 11.9 Å². The third-order valence-electron chi connectivity index (χ3n) is 6.67. The summed E-state index contributed by atoms with van der Waals surface area (Å²) in [5, 5.41) is 13.1. The van der Waals surface area contributed by atoms with E-state index >= 15 is 0 Å². The van der Waals surface area contributed by atoms with Crippen molar-refractivity contribution in [1.29, 1.82) is 5.26 Å². The zero-order chi connectivity index (χ0) is 25.1. The van der Waals surface area contributed by atoms with Crippen molar-refractivity contribution in [1.82, 2.24) is 14.5 Å². The van der Waals surface area contributed by atoms with Crippen LogP contribution in [0.3, 0.4) is 0 Å². The van der Waals surface area contributed by atoms with Gasteiger partial charge in [0.15, 0.2) is 5.82 Å². The lowest BCUT2D eigenvalue weighted by atomic mass is 9.80. The van der Waals surface area contributed by atoms with Crippen molar-refractivity contribution < 1.29 is 13.6 Å². The Bertz CT molecular complexity index is 1360. The standard InChI is InChI=1S/C25H26F2N6O2/c1-15-6-4-5-7-19(15)21(31-35-24(26)27)16-8-11-18(12-9-16)32(2)23-22-20(33(3)25(34)30-23)13-10-17(14-28)29-22/h4-7,10,13,16,18,24H,8-9,11-12H2,1-3H3/b31-21-. The van der Waals surface area contributed by atoms with Crippen LogP contribution in [0.15, 0.2) is 46.3 Å². The van der Waals surface area contributed by atoms with E-state index in [1.54, 1.807) is 19.2 Å². The van der Waals surface area contributed by atoms with E-state index < -0.39 is 12.3 Å². The molecule has 182 valence electrons. The number of halogens is 2. The second-order valence-electron chi connectivity index (χ2n) is 8.73. The van der Waals surface area contributed by atoms with Gasteiger partial charge in [-0.1, -0.05) is 29.4 Å². The molecule has 0 unspecified atom stereocenters. The average molecular weight is 481 g/mol. The fourth-order valence-electron chi connectivity index (χ4n) is 4.73. The van der Waals surface area contributed by atoms with Crippen LogP contribution < -0.4 is 10.6 Å². The van der Waals surface area contributed by atoms with Crippen LogP contribution in [0.25, 0.3) is 11.0 Å². The van der Waals surface area contributed by atoms with Crippen LogP contribution in [0.2, 0.25) is 0 Å². The lowest BCUT2D eigenvalue weighted by Gasteiger charge is -2.36. The third-order valence-corrected chi connectivity index (χ3v) is 6.67. The lowest BCUT2D eigenvalue weighted by Crippen LogP contribution is -2.39. The first kappa shape index (κ1) is 24.3. The van der Waals surface area contributed by atoms with E-state index in [1.165, 1.54) is 4.57 Å². The van der Waals surface area contributed by atoms with Crippen molar-refractivity contribution in [3.05, 3.63) is 63.7 Å². The molecule has 0 N–H and O–H groups in total. The maximum atomic E-state index is 12.8. The second-order valence-corrected chi connectivity index (χ2v) is 8.73. The molecular weight excluding hydrogens is 454 g/mol. The van der Waals surface area contributed by atoms with Gasteiger partial charge in [-0.05, 0) is 50.3 Å². The highest BCUT2D eigenvalue weighted by Crippen LogP contribution is 2.33. The van der Waals surface area contributed by atoms with Gasteiger partial charge in [-0.15, -0.1) is 0 Å². The number of fused-ring (bicyclic) bond motifs is 1. The first-order valence-corrected chi connectivity index (χ1v) is 11.4. The first-order chi connectivity index (χ1) is 16.8. The molecule has 0 amide bonds. The summed E-state index contributed by atoms with van der Waals surface area (Å²) in [5.41, 5.74) is 3.20. The molecule has 35 heavy (non-hydrogen) atoms. The van der Waals surface area contributed by atoms with Gasteiger partial charge in [0, 0.05) is 31.6 Å². The molecule has 1 fully saturated rings. The molecule has 2 heterocycles. The minimum Gasteiger partial charge on any atom is -0.355 e. The van der Waals surface area contributed by atoms with Gasteiger partial charge in [-0.25, -0.2) is 9.78 Å². The van der Waals surface area contributed by atoms with Crippen molar-refractivity contribution in [2.24, 2.45) is 18.1 Å². The zero-order valence-corrected chi connectivity index (χ0v) is 19.8. The molecule has 0 saturated heterocycles. The summed E-state index contributed by atoms with van der Waals surface area (Å²) in [6.07, 6.45) is 2.87. The maximum Gasteiger partial charge on any atom is 0.407 e. The molecule has 0 spiro atoms. The van der Waals surface area contributed by atoms with Gasteiger partial charge in [0.05, 0.1) is 11.2 Å². The summed E-state index contributed by atoms with van der Waals surface area (Å²) in [4.78, 5) is 27.5. The molecule has 8 nitrogen and oxygen atoms in total. The molecule has 1 aliphatic carbocycles. The number of hydrogen-bond donors (Lipinski definition) is 0. The average Bonchev–Trinajstić information content (AvgIpc) is 2.86. The van der Waals surface area contributed by atoms with Gasteiger partial charge in [0.2, 0.25) is 0 Å². The highest BCUT2D eigenvalue weighted by molar-refractivity contribution is 6.03. The quantitative estimate of drug-likeness (QED) is 0.389. The SMILES string of the molecule is Cc1ccccc1/C(=N\OC(F)F)C1CCC(N(C)c2nc(=O)n(C)c3ccc(C#N)nc23)CC1. The van der Waals surface area contributed by atoms with Crippen molar-refractivity contribution >= 4 is 22.6 Å². The molecule has 0 atom stereocenters. The minimum absolute atomic E-state index is 0.0452. The number of aryl methyl sites for hydroxylation is 2. The predicted molar refractivity (Wildman–Crippen MR) is 128 cm³/mol. The number of hydrogen-bond acceptors (Lipinski definition) is 7. The fraction of sp³-hybridized carbons (Fsp3) is 0.400. The molecule has 1 saturated carbocycles. The van der Waals surface area contributed by atoms with E-state index in [1.807, 2.05) is 49.2 Å². The molecule has 0 bridgehead atoms. The lowest BCUT2D eigenvalue weighted by molar-refractivity contribution is -0.128. The Balaban J connectivity index is 1.60. The van der Waals surface area contributed by atoms with Gasteiger partial charge in [-0.3, -0.25) is 4.57 Å². The second kappa shape index (κ2) is 10.2. The van der Waals surface area contributed by atoms with Crippen molar-refractivity contribution in [2.75, 3.05) is 11.9 Å². The summed E-state index contributed by atoms with van der Waals surface area (Å²) < 4.78 is 27.0. The summed E-state index contributed by atoms with van der Waals surface area (Å²) >= 11 is 0. The van der Waals surface area contributed by atoms with Crippen molar-refractivity contribution in [3.63, 3.8) is 0 Å².